The number of carbonyl (C=O) groups excluding carboxylic acids is 1. The van der Waals surface area contributed by atoms with Gasteiger partial charge in [-0.25, -0.2) is 4.79 Å². The topological polar surface area (TPSA) is 48.1 Å². The lowest BCUT2D eigenvalue weighted by Gasteiger charge is -2.36. The quantitative estimate of drug-likeness (QED) is 0.858. The van der Waals surface area contributed by atoms with Crippen molar-refractivity contribution >= 4 is 16.9 Å². The molecule has 1 atom stereocenters. The van der Waals surface area contributed by atoms with Crippen LogP contribution in [-0.4, -0.2) is 40.7 Å². The lowest BCUT2D eigenvalue weighted by molar-refractivity contribution is -0.189. The van der Waals surface area contributed by atoms with Gasteiger partial charge >= 0.3 is 12.2 Å². The molecule has 0 bridgehead atoms. The molecular formula is C18H22F3N3O. The molecule has 2 N–H and O–H groups in total. The zero-order chi connectivity index (χ0) is 18.2. The van der Waals surface area contributed by atoms with Gasteiger partial charge in [0.1, 0.15) is 0 Å². The van der Waals surface area contributed by atoms with E-state index in [1.807, 2.05) is 30.5 Å². The van der Waals surface area contributed by atoms with Crippen LogP contribution >= 0.6 is 0 Å². The summed E-state index contributed by atoms with van der Waals surface area (Å²) < 4.78 is 39.4. The Morgan fingerprint density at radius 3 is 2.76 bits per heavy atom. The normalized spacial score (nSPS) is 20.2. The zero-order valence-corrected chi connectivity index (χ0v) is 14.3. The lowest BCUT2D eigenvalue weighted by Crippen LogP contribution is -2.53. The Morgan fingerprint density at radius 2 is 2.08 bits per heavy atom. The van der Waals surface area contributed by atoms with Crippen LogP contribution in [0.4, 0.5) is 18.0 Å². The number of fused-ring (bicyclic) bond motifs is 1. The van der Waals surface area contributed by atoms with Crippen molar-refractivity contribution in [3.05, 3.63) is 36.0 Å². The second-order valence-corrected chi connectivity index (χ2v) is 7.03. The second kappa shape index (κ2) is 6.28. The number of H-pyrrole nitrogens is 1. The molecule has 1 aromatic carbocycles. The van der Waals surface area contributed by atoms with Crippen LogP contribution in [0.2, 0.25) is 0 Å². The molecule has 1 aliphatic heterocycles. The molecule has 2 amide bonds. The Labute approximate surface area is 144 Å². The molecule has 2 aromatic rings. The van der Waals surface area contributed by atoms with E-state index in [0.717, 1.165) is 16.5 Å². The van der Waals surface area contributed by atoms with Gasteiger partial charge in [0.2, 0.25) is 0 Å². The average Bonchev–Trinajstić information content (AvgIpc) is 3.07. The standard InChI is InChI=1S/C18H22F3N3O/c1-17(2)15(18(19,20)21)8-10-24(17)16(25)22-9-7-12-11-23-14-6-4-3-5-13(12)14/h3-6,11,15,23H,7-10H2,1-2H3,(H,22,25)/t15-/m0/s1. The summed E-state index contributed by atoms with van der Waals surface area (Å²) >= 11 is 0. The number of para-hydroxylation sites is 1. The van der Waals surface area contributed by atoms with Crippen molar-refractivity contribution in [2.24, 2.45) is 5.92 Å². The van der Waals surface area contributed by atoms with Crippen molar-refractivity contribution in [1.29, 1.82) is 0 Å². The van der Waals surface area contributed by atoms with Crippen molar-refractivity contribution < 1.29 is 18.0 Å². The second-order valence-electron chi connectivity index (χ2n) is 7.03. The monoisotopic (exact) mass is 353 g/mol. The maximum Gasteiger partial charge on any atom is 0.394 e. The smallest absolute Gasteiger partial charge is 0.361 e. The third-order valence-electron chi connectivity index (χ3n) is 5.18. The van der Waals surface area contributed by atoms with Crippen LogP contribution in [0.5, 0.6) is 0 Å². The Kier molecular flexibility index (Phi) is 4.43. The van der Waals surface area contributed by atoms with Crippen molar-refractivity contribution in [2.75, 3.05) is 13.1 Å². The summed E-state index contributed by atoms with van der Waals surface area (Å²) in [6.07, 6.45) is -1.82. The third-order valence-corrected chi connectivity index (χ3v) is 5.18. The van der Waals surface area contributed by atoms with Gasteiger partial charge in [-0.1, -0.05) is 18.2 Å². The molecule has 3 rings (SSSR count). The van der Waals surface area contributed by atoms with Crippen molar-refractivity contribution in [1.82, 2.24) is 15.2 Å². The Bertz CT molecular complexity index is 766. The number of alkyl halides is 3. The van der Waals surface area contributed by atoms with E-state index in [2.05, 4.69) is 10.3 Å². The maximum atomic E-state index is 13.1. The van der Waals surface area contributed by atoms with Crippen LogP contribution in [0.15, 0.2) is 30.5 Å². The molecule has 1 saturated heterocycles. The first-order chi connectivity index (χ1) is 11.7. The molecule has 1 aromatic heterocycles. The van der Waals surface area contributed by atoms with Gasteiger partial charge in [0, 0.05) is 30.2 Å². The molecule has 2 heterocycles. The number of nitrogens with one attached hydrogen (secondary N) is 2. The van der Waals surface area contributed by atoms with Crippen LogP contribution in [0.1, 0.15) is 25.8 Å². The number of hydrogen-bond donors (Lipinski definition) is 2. The highest BCUT2D eigenvalue weighted by Crippen LogP contribution is 2.44. The van der Waals surface area contributed by atoms with Gasteiger partial charge in [0.05, 0.1) is 11.5 Å². The first-order valence-corrected chi connectivity index (χ1v) is 8.38. The zero-order valence-electron chi connectivity index (χ0n) is 14.3. The number of aromatic nitrogens is 1. The Hall–Kier alpha value is -2.18. The molecule has 1 aliphatic rings. The molecule has 0 aliphatic carbocycles. The first-order valence-electron chi connectivity index (χ1n) is 8.38. The number of benzene rings is 1. The van der Waals surface area contributed by atoms with Gasteiger partial charge in [-0.15, -0.1) is 0 Å². The molecule has 1 fully saturated rings. The number of carbonyl (C=O) groups is 1. The van der Waals surface area contributed by atoms with Crippen molar-refractivity contribution in [3.63, 3.8) is 0 Å². The minimum atomic E-state index is -4.29. The predicted octanol–water partition coefficient (Wildman–Crippen LogP) is 4.08. The summed E-state index contributed by atoms with van der Waals surface area (Å²) in [6, 6.07) is 7.43. The van der Waals surface area contributed by atoms with Crippen LogP contribution < -0.4 is 5.32 Å². The van der Waals surface area contributed by atoms with Crippen LogP contribution in [-0.2, 0) is 6.42 Å². The molecule has 25 heavy (non-hydrogen) atoms. The molecule has 4 nitrogen and oxygen atoms in total. The number of urea groups is 1. The van der Waals surface area contributed by atoms with E-state index < -0.39 is 23.7 Å². The average molecular weight is 353 g/mol. The summed E-state index contributed by atoms with van der Waals surface area (Å²) in [7, 11) is 0. The van der Waals surface area contributed by atoms with Crippen molar-refractivity contribution in [3.8, 4) is 0 Å². The fraction of sp³-hybridized carbons (Fsp3) is 0.500. The van der Waals surface area contributed by atoms with Gasteiger partial charge in [-0.05, 0) is 38.3 Å². The Balaban J connectivity index is 1.60. The van der Waals surface area contributed by atoms with Gasteiger partial charge in [-0.3, -0.25) is 0 Å². The number of amides is 2. The summed E-state index contributed by atoms with van der Waals surface area (Å²) in [5.74, 6) is -1.49. The SMILES string of the molecule is CC1(C)[C@@H](C(F)(F)F)CCN1C(=O)NCCc1c[nH]c2ccccc12. The number of aromatic amines is 1. The van der Waals surface area contributed by atoms with Gasteiger partial charge < -0.3 is 15.2 Å². The number of rotatable bonds is 3. The number of likely N-dealkylation sites (tertiary alicyclic amines) is 1. The van der Waals surface area contributed by atoms with E-state index >= 15 is 0 Å². The van der Waals surface area contributed by atoms with E-state index in [0.29, 0.717) is 13.0 Å². The minimum absolute atomic E-state index is 0.0492. The first kappa shape index (κ1) is 17.6. The van der Waals surface area contributed by atoms with Crippen LogP contribution in [0.25, 0.3) is 10.9 Å². The number of halogens is 3. The van der Waals surface area contributed by atoms with E-state index in [1.165, 1.54) is 18.7 Å². The molecule has 0 radical (unpaired) electrons. The number of nitrogens with zero attached hydrogens (tertiary/aromatic N) is 1. The fourth-order valence-electron chi connectivity index (χ4n) is 3.75. The van der Waals surface area contributed by atoms with Gasteiger partial charge in [-0.2, -0.15) is 13.2 Å². The highest BCUT2D eigenvalue weighted by Gasteiger charge is 2.56. The summed E-state index contributed by atoms with van der Waals surface area (Å²) in [6.45, 7) is 3.47. The molecule has 7 heteroatoms. The third kappa shape index (κ3) is 3.32. The van der Waals surface area contributed by atoms with E-state index in [1.54, 1.807) is 0 Å². The fourth-order valence-corrected chi connectivity index (χ4v) is 3.75. The summed E-state index contributed by atoms with van der Waals surface area (Å²) in [4.78, 5) is 16.8. The van der Waals surface area contributed by atoms with Gasteiger partial charge in [0.15, 0.2) is 0 Å². The van der Waals surface area contributed by atoms with Crippen molar-refractivity contribution in [2.45, 2.75) is 38.4 Å². The van der Waals surface area contributed by atoms with E-state index in [4.69, 9.17) is 0 Å². The van der Waals surface area contributed by atoms with E-state index in [9.17, 15) is 18.0 Å². The van der Waals surface area contributed by atoms with Crippen LogP contribution in [0, 0.1) is 5.92 Å². The highest BCUT2D eigenvalue weighted by molar-refractivity contribution is 5.83. The molecular weight excluding hydrogens is 331 g/mol. The summed E-state index contributed by atoms with van der Waals surface area (Å²) in [5, 5.41) is 3.85. The highest BCUT2D eigenvalue weighted by atomic mass is 19.4. The molecule has 0 unspecified atom stereocenters. The number of hydrogen-bond acceptors (Lipinski definition) is 1. The molecule has 0 saturated carbocycles. The molecule has 136 valence electrons. The van der Waals surface area contributed by atoms with E-state index in [-0.39, 0.29) is 13.0 Å². The van der Waals surface area contributed by atoms with Crippen LogP contribution in [0.3, 0.4) is 0 Å². The largest absolute Gasteiger partial charge is 0.394 e. The summed E-state index contributed by atoms with van der Waals surface area (Å²) in [5.41, 5.74) is 0.866. The minimum Gasteiger partial charge on any atom is -0.361 e. The lowest BCUT2D eigenvalue weighted by atomic mass is 9.88. The maximum absolute atomic E-state index is 13.1. The Morgan fingerprint density at radius 1 is 1.36 bits per heavy atom. The molecule has 0 spiro atoms. The predicted molar refractivity (Wildman–Crippen MR) is 90.3 cm³/mol. The van der Waals surface area contributed by atoms with Gasteiger partial charge in [0.25, 0.3) is 0 Å².